The first-order valence-corrected chi connectivity index (χ1v) is 13.9. The number of carbonyl (C=O) groups excluding carboxylic acids is 3. The van der Waals surface area contributed by atoms with Crippen molar-refractivity contribution in [1.29, 1.82) is 0 Å². The number of esters is 1. The number of ether oxygens (including phenoxy) is 4. The van der Waals surface area contributed by atoms with Crippen molar-refractivity contribution in [3.63, 3.8) is 0 Å². The Kier molecular flexibility index (Phi) is 8.14. The fourth-order valence-corrected chi connectivity index (χ4v) is 5.93. The number of nitrogens with zero attached hydrogens (tertiary/aromatic N) is 2. The average Bonchev–Trinajstić information content (AvgIpc) is 3.49. The van der Waals surface area contributed by atoms with E-state index in [1.54, 1.807) is 20.2 Å². The maximum absolute atomic E-state index is 13.7. The van der Waals surface area contributed by atoms with Crippen molar-refractivity contribution < 1.29 is 33.3 Å². The van der Waals surface area contributed by atoms with Crippen LogP contribution >= 0.6 is 0 Å². The number of fused-ring (bicyclic) bond motifs is 3. The number of amides is 2. The number of nitrogens with two attached hydrogens (primary N) is 1. The van der Waals surface area contributed by atoms with E-state index >= 15 is 0 Å². The molecule has 3 heterocycles. The zero-order valence-electron chi connectivity index (χ0n) is 23.3. The number of aromatic nitrogens is 1. The van der Waals surface area contributed by atoms with E-state index in [0.717, 1.165) is 36.5 Å². The Morgan fingerprint density at radius 2 is 2.02 bits per heavy atom. The molecule has 3 N–H and O–H groups in total. The van der Waals surface area contributed by atoms with Crippen LogP contribution in [-0.4, -0.2) is 84.9 Å². The van der Waals surface area contributed by atoms with Gasteiger partial charge in [-0.25, -0.2) is 9.78 Å². The van der Waals surface area contributed by atoms with Crippen LogP contribution < -0.4 is 20.5 Å². The lowest BCUT2D eigenvalue weighted by molar-refractivity contribution is -0.148. The van der Waals surface area contributed by atoms with Gasteiger partial charge in [0.1, 0.15) is 29.5 Å². The number of hydrogen-bond acceptors (Lipinski definition) is 9. The van der Waals surface area contributed by atoms with Crippen molar-refractivity contribution >= 4 is 28.6 Å². The zero-order chi connectivity index (χ0) is 28.4. The Balaban J connectivity index is 1.42. The normalized spacial score (nSPS) is 31.3. The van der Waals surface area contributed by atoms with Crippen LogP contribution in [0.3, 0.4) is 0 Å². The second-order valence-corrected chi connectivity index (χ2v) is 11.0. The van der Waals surface area contributed by atoms with Gasteiger partial charge in [0.2, 0.25) is 17.7 Å². The van der Waals surface area contributed by atoms with E-state index < -0.39 is 47.6 Å². The number of pyridine rings is 1. The first-order valence-electron chi connectivity index (χ1n) is 13.9. The molecule has 2 aliphatic heterocycles. The third-order valence-corrected chi connectivity index (χ3v) is 8.43. The molecule has 3 aliphatic rings. The lowest BCUT2D eigenvalue weighted by Gasteiger charge is -2.29. The second-order valence-electron chi connectivity index (χ2n) is 11.0. The minimum Gasteiger partial charge on any atom is -0.497 e. The average molecular weight is 555 g/mol. The van der Waals surface area contributed by atoms with Crippen LogP contribution in [0.2, 0.25) is 0 Å². The molecule has 0 unspecified atom stereocenters. The highest BCUT2D eigenvalue weighted by molar-refractivity contribution is 5.96. The third-order valence-electron chi connectivity index (χ3n) is 8.43. The van der Waals surface area contributed by atoms with Crippen molar-refractivity contribution in [1.82, 2.24) is 15.2 Å². The van der Waals surface area contributed by atoms with Gasteiger partial charge in [0, 0.05) is 24.6 Å². The fraction of sp³-hybridized carbons (Fsp3) is 0.586. The van der Waals surface area contributed by atoms with Gasteiger partial charge in [0.25, 0.3) is 0 Å². The molecule has 1 aromatic carbocycles. The summed E-state index contributed by atoms with van der Waals surface area (Å²) >= 11 is 0. The molecule has 2 saturated heterocycles. The molecule has 6 atom stereocenters. The summed E-state index contributed by atoms with van der Waals surface area (Å²) in [7, 11) is 2.93. The number of nitrogens with one attached hydrogen (secondary N) is 1. The summed E-state index contributed by atoms with van der Waals surface area (Å²) in [4.78, 5) is 46.0. The predicted molar refractivity (Wildman–Crippen MR) is 146 cm³/mol. The first-order chi connectivity index (χ1) is 19.3. The maximum atomic E-state index is 13.7. The van der Waals surface area contributed by atoms with Crippen LogP contribution in [0.5, 0.6) is 11.6 Å². The zero-order valence-corrected chi connectivity index (χ0v) is 23.3. The van der Waals surface area contributed by atoms with Crippen molar-refractivity contribution in [3.05, 3.63) is 30.5 Å². The van der Waals surface area contributed by atoms with E-state index in [4.69, 9.17) is 24.7 Å². The molecule has 0 spiro atoms. The van der Waals surface area contributed by atoms with E-state index in [-0.39, 0.29) is 18.9 Å². The van der Waals surface area contributed by atoms with Crippen molar-refractivity contribution in [3.8, 4) is 11.6 Å². The highest BCUT2D eigenvalue weighted by atomic mass is 16.5. The third kappa shape index (κ3) is 5.44. The van der Waals surface area contributed by atoms with Gasteiger partial charge in [0.15, 0.2) is 0 Å². The minimum atomic E-state index is -1.07. The monoisotopic (exact) mass is 554 g/mol. The molecular formula is C29H38N4O7. The molecule has 2 aromatic rings. The van der Waals surface area contributed by atoms with Crippen molar-refractivity contribution in [2.45, 2.75) is 75.3 Å². The Bertz CT molecular complexity index is 1270. The molecule has 1 aliphatic carbocycles. The first kappa shape index (κ1) is 28.1. The van der Waals surface area contributed by atoms with Gasteiger partial charge in [-0.2, -0.15) is 0 Å². The second kappa shape index (κ2) is 11.6. The highest BCUT2D eigenvalue weighted by Crippen LogP contribution is 2.48. The summed E-state index contributed by atoms with van der Waals surface area (Å²) < 4.78 is 22.6. The van der Waals surface area contributed by atoms with Gasteiger partial charge in [-0.05, 0) is 61.8 Å². The smallest absolute Gasteiger partial charge is 0.331 e. The van der Waals surface area contributed by atoms with Crippen LogP contribution in [0.25, 0.3) is 10.8 Å². The molecule has 216 valence electrons. The van der Waals surface area contributed by atoms with Gasteiger partial charge < -0.3 is 34.9 Å². The van der Waals surface area contributed by atoms with Gasteiger partial charge in [0.05, 0.1) is 26.9 Å². The van der Waals surface area contributed by atoms with Crippen LogP contribution in [-0.2, 0) is 23.9 Å². The van der Waals surface area contributed by atoms with E-state index in [9.17, 15) is 14.4 Å². The molecule has 1 aromatic heterocycles. The number of rotatable bonds is 4. The molecule has 3 fully saturated rings. The summed E-state index contributed by atoms with van der Waals surface area (Å²) in [6, 6.07) is 5.61. The molecule has 1 saturated carbocycles. The molecular weight excluding hydrogens is 516 g/mol. The Hall–Kier alpha value is -3.44. The van der Waals surface area contributed by atoms with E-state index in [2.05, 4.69) is 10.3 Å². The summed E-state index contributed by atoms with van der Waals surface area (Å²) in [5.74, 6) is -0.173. The van der Waals surface area contributed by atoms with E-state index in [0.29, 0.717) is 24.7 Å². The predicted octanol–water partition coefficient (Wildman–Crippen LogP) is 1.95. The van der Waals surface area contributed by atoms with E-state index in [1.807, 2.05) is 24.3 Å². The molecule has 0 bridgehead atoms. The highest BCUT2D eigenvalue weighted by Gasteiger charge is 2.62. The fourth-order valence-electron chi connectivity index (χ4n) is 5.93. The molecule has 11 nitrogen and oxygen atoms in total. The summed E-state index contributed by atoms with van der Waals surface area (Å²) in [5, 5.41) is 4.64. The quantitative estimate of drug-likeness (QED) is 0.542. The number of hydrogen-bond donors (Lipinski definition) is 2. The summed E-state index contributed by atoms with van der Waals surface area (Å²) in [5.41, 5.74) is 5.28. The number of carbonyl (C=O) groups is 3. The van der Waals surface area contributed by atoms with Crippen LogP contribution in [0.1, 0.15) is 45.4 Å². The van der Waals surface area contributed by atoms with Gasteiger partial charge >= 0.3 is 5.97 Å². The molecule has 5 rings (SSSR count). The standard InChI is InChI=1S/C29H38N4O7/c1-17-24(30)27(35)33-16-21(40-26-22-9-8-20(37-2)13-18(22)10-11-31-26)14-23(33)25(34)32-29(28(36)38-3)15-19(29)7-5-4-6-12-39-17/h8-11,13,17,19,21,23-24H,4-7,12,14-16,30H2,1-3H3,(H,32,34)/t17-,19-,21-,23+,24+,29-/m1/s1. The van der Waals surface area contributed by atoms with Gasteiger partial charge in [-0.3, -0.25) is 9.59 Å². The minimum absolute atomic E-state index is 0.00870. The van der Waals surface area contributed by atoms with Crippen molar-refractivity contribution in [2.24, 2.45) is 11.7 Å². The Morgan fingerprint density at radius 1 is 1.20 bits per heavy atom. The molecule has 2 amide bonds. The topological polar surface area (TPSA) is 142 Å². The van der Waals surface area contributed by atoms with Crippen LogP contribution in [0.15, 0.2) is 30.5 Å². The largest absolute Gasteiger partial charge is 0.497 e. The number of methoxy groups -OCH3 is 2. The van der Waals surface area contributed by atoms with Crippen LogP contribution in [0, 0.1) is 5.92 Å². The molecule has 40 heavy (non-hydrogen) atoms. The molecule has 0 radical (unpaired) electrons. The maximum Gasteiger partial charge on any atom is 0.331 e. The van der Waals surface area contributed by atoms with Gasteiger partial charge in [-0.15, -0.1) is 0 Å². The SMILES string of the molecule is COC(=O)[C@@]12C[C@H]1CCCCCO[C@H](C)[C@H](N)C(=O)N1C[C@H](Oc3nccc4cc(OC)ccc34)C[C@H]1C(=O)N2. The van der Waals surface area contributed by atoms with Gasteiger partial charge in [-0.1, -0.05) is 12.8 Å². The van der Waals surface area contributed by atoms with Crippen molar-refractivity contribution in [2.75, 3.05) is 27.4 Å². The number of benzene rings is 1. The van der Waals surface area contributed by atoms with E-state index in [1.165, 1.54) is 12.0 Å². The molecule has 11 heteroatoms. The lowest BCUT2D eigenvalue weighted by Crippen LogP contribution is -2.57. The summed E-state index contributed by atoms with van der Waals surface area (Å²) in [6.07, 6.45) is 4.77. The van der Waals surface area contributed by atoms with Crippen LogP contribution in [0.4, 0.5) is 0 Å². The Morgan fingerprint density at radius 3 is 2.80 bits per heavy atom. The lowest BCUT2D eigenvalue weighted by atomic mass is 10.1. The summed E-state index contributed by atoms with van der Waals surface area (Å²) in [6.45, 7) is 2.40. The Labute approximate surface area is 233 Å².